The Kier molecular flexibility index (Phi) is 5.03. The molecule has 0 saturated carbocycles. The highest BCUT2D eigenvalue weighted by Crippen LogP contribution is 2.27. The van der Waals surface area contributed by atoms with Gasteiger partial charge in [0.25, 0.3) is 0 Å². The quantitative estimate of drug-likeness (QED) is 0.394. The summed E-state index contributed by atoms with van der Waals surface area (Å²) in [4.78, 5) is 14.6. The van der Waals surface area contributed by atoms with Gasteiger partial charge in [0.05, 0.1) is 11.6 Å². The minimum atomic E-state index is 0.149. The Labute approximate surface area is 162 Å². The predicted molar refractivity (Wildman–Crippen MR) is 106 cm³/mol. The smallest absolute Gasteiger partial charge is 0.192 e. The molecule has 0 bridgehead atoms. The Morgan fingerprint density at radius 1 is 1.18 bits per heavy atom. The van der Waals surface area contributed by atoms with Gasteiger partial charge in [0, 0.05) is 18.8 Å². The summed E-state index contributed by atoms with van der Waals surface area (Å²) in [6.45, 7) is 5.16. The molecule has 1 aromatic carbocycles. The van der Waals surface area contributed by atoms with Crippen LogP contribution < -0.4 is 0 Å². The summed E-state index contributed by atoms with van der Waals surface area (Å²) >= 11 is 0. The number of aromatic nitrogens is 5. The van der Waals surface area contributed by atoms with Gasteiger partial charge in [-0.25, -0.2) is 14.5 Å². The second kappa shape index (κ2) is 7.77. The van der Waals surface area contributed by atoms with Crippen molar-refractivity contribution in [3.8, 4) is 0 Å². The van der Waals surface area contributed by atoms with Crippen molar-refractivity contribution in [2.75, 3.05) is 6.61 Å². The van der Waals surface area contributed by atoms with Crippen molar-refractivity contribution < 1.29 is 9.94 Å². The van der Waals surface area contributed by atoms with Crippen molar-refractivity contribution >= 4 is 22.9 Å². The van der Waals surface area contributed by atoms with Crippen molar-refractivity contribution in [1.29, 1.82) is 0 Å². The van der Waals surface area contributed by atoms with E-state index in [2.05, 4.69) is 38.6 Å². The van der Waals surface area contributed by atoms with E-state index < -0.39 is 0 Å². The Bertz CT molecular complexity index is 1130. The molecule has 1 N–H and O–H groups in total. The Morgan fingerprint density at radius 2 is 2.00 bits per heavy atom. The normalized spacial score (nSPS) is 11.8. The summed E-state index contributed by atoms with van der Waals surface area (Å²) in [6.07, 6.45) is 4.00. The highest BCUT2D eigenvalue weighted by Gasteiger charge is 2.17. The van der Waals surface area contributed by atoms with Crippen LogP contribution in [-0.2, 0) is 18.0 Å². The first-order chi connectivity index (χ1) is 13.7. The zero-order valence-corrected chi connectivity index (χ0v) is 15.9. The Hall–Kier alpha value is -3.26. The van der Waals surface area contributed by atoms with E-state index in [1.165, 1.54) is 0 Å². The molecule has 0 aliphatic carbocycles. The van der Waals surface area contributed by atoms with Crippen molar-refractivity contribution in [2.24, 2.45) is 5.16 Å². The molecule has 3 heterocycles. The zero-order valence-electron chi connectivity index (χ0n) is 15.9. The summed E-state index contributed by atoms with van der Waals surface area (Å²) in [5.74, 6) is 0.541. The molecule has 3 aromatic heterocycles. The molecule has 4 aromatic rings. The van der Waals surface area contributed by atoms with Crippen molar-refractivity contribution in [2.45, 2.75) is 33.4 Å². The van der Waals surface area contributed by atoms with E-state index in [-0.39, 0.29) is 13.2 Å². The van der Waals surface area contributed by atoms with Crippen molar-refractivity contribution in [1.82, 2.24) is 24.1 Å². The largest absolute Gasteiger partial charge is 0.396 e. The lowest BCUT2D eigenvalue weighted by atomic mass is 10.2. The fraction of sp³-hybridized carbons (Fsp3) is 0.300. The summed E-state index contributed by atoms with van der Waals surface area (Å²) < 4.78 is 3.79. The number of fused-ring (bicyclic) bond motifs is 3. The van der Waals surface area contributed by atoms with E-state index in [0.29, 0.717) is 18.8 Å². The lowest BCUT2D eigenvalue weighted by Crippen LogP contribution is -2.03. The Morgan fingerprint density at radius 3 is 2.79 bits per heavy atom. The third-order valence-electron chi connectivity index (χ3n) is 4.80. The minimum absolute atomic E-state index is 0.149. The van der Waals surface area contributed by atoms with Gasteiger partial charge in [-0.15, -0.1) is 5.10 Å². The average Bonchev–Trinajstić information content (AvgIpc) is 3.23. The highest BCUT2D eigenvalue weighted by molar-refractivity contribution is 5.93. The highest BCUT2D eigenvalue weighted by atomic mass is 16.6. The fourth-order valence-corrected chi connectivity index (χ4v) is 3.27. The Balaban J connectivity index is 1.60. The second-order valence-corrected chi connectivity index (χ2v) is 6.60. The molecule has 8 heteroatoms. The number of aliphatic hydroxyl groups is 1. The molecule has 8 nitrogen and oxygen atoms in total. The molecule has 28 heavy (non-hydrogen) atoms. The van der Waals surface area contributed by atoms with Crippen LogP contribution >= 0.6 is 0 Å². The van der Waals surface area contributed by atoms with Gasteiger partial charge < -0.3 is 14.5 Å². The van der Waals surface area contributed by atoms with E-state index in [9.17, 15) is 0 Å². The maximum Gasteiger partial charge on any atom is 0.192 e. The first-order valence-corrected chi connectivity index (χ1v) is 9.20. The molecule has 0 unspecified atom stereocenters. The second-order valence-electron chi connectivity index (χ2n) is 6.60. The summed E-state index contributed by atoms with van der Waals surface area (Å²) in [6, 6.07) is 9.74. The molecule has 0 atom stereocenters. The lowest BCUT2D eigenvalue weighted by molar-refractivity contribution is 0.126. The van der Waals surface area contributed by atoms with Crippen molar-refractivity contribution in [3.05, 3.63) is 59.3 Å². The number of aryl methyl sites for hydroxylation is 2. The fourth-order valence-electron chi connectivity index (χ4n) is 3.27. The molecular formula is C20H22N6O2. The standard InChI is InChI=1S/C20H22N6O2/c1-14-15(2)25(9-6-10-27)19-18(14)20-23-17(24-26(20)13-21-19)12-28-22-11-16-7-4-3-5-8-16/h3-5,7-8,11,13,27H,6,9-10,12H2,1-2H3/b22-11+. The van der Waals surface area contributed by atoms with Gasteiger partial charge in [-0.3, -0.25) is 0 Å². The van der Waals surface area contributed by atoms with Crippen LogP contribution in [0.2, 0.25) is 0 Å². The molecule has 4 rings (SSSR count). The summed E-state index contributed by atoms with van der Waals surface area (Å²) in [5.41, 5.74) is 4.81. The van der Waals surface area contributed by atoms with Crippen LogP contribution in [0.15, 0.2) is 41.8 Å². The van der Waals surface area contributed by atoms with Gasteiger partial charge in [0.15, 0.2) is 18.1 Å². The lowest BCUT2D eigenvalue weighted by Gasteiger charge is -2.05. The van der Waals surface area contributed by atoms with Crippen LogP contribution in [0.3, 0.4) is 0 Å². The van der Waals surface area contributed by atoms with Crippen LogP contribution in [0, 0.1) is 13.8 Å². The van der Waals surface area contributed by atoms with E-state index in [1.807, 2.05) is 30.3 Å². The monoisotopic (exact) mass is 378 g/mol. The predicted octanol–water partition coefficient (Wildman–Crippen LogP) is 2.63. The van der Waals surface area contributed by atoms with Gasteiger partial charge in [0.2, 0.25) is 0 Å². The van der Waals surface area contributed by atoms with Gasteiger partial charge >= 0.3 is 0 Å². The molecule has 0 amide bonds. The molecule has 0 saturated heterocycles. The first kappa shape index (κ1) is 18.1. The molecular weight excluding hydrogens is 356 g/mol. The molecule has 0 fully saturated rings. The summed E-state index contributed by atoms with van der Waals surface area (Å²) in [7, 11) is 0. The molecule has 0 aliphatic heterocycles. The van der Waals surface area contributed by atoms with Gasteiger partial charge in [-0.05, 0) is 31.4 Å². The number of aliphatic hydroxyl groups excluding tert-OH is 1. The van der Waals surface area contributed by atoms with Gasteiger partial charge in [-0.2, -0.15) is 0 Å². The molecule has 0 radical (unpaired) electrons. The van der Waals surface area contributed by atoms with Crippen LogP contribution in [0.5, 0.6) is 0 Å². The van der Waals surface area contributed by atoms with E-state index in [4.69, 9.17) is 9.94 Å². The third kappa shape index (κ3) is 3.34. The molecule has 0 aliphatic rings. The average molecular weight is 378 g/mol. The SMILES string of the molecule is Cc1c(C)n(CCCO)c2ncn3nc(CO/N=C/c4ccccc4)nc3c12. The van der Waals surface area contributed by atoms with Crippen LogP contribution in [0.1, 0.15) is 29.1 Å². The van der Waals surface area contributed by atoms with E-state index in [0.717, 1.165) is 33.5 Å². The van der Waals surface area contributed by atoms with Crippen molar-refractivity contribution in [3.63, 3.8) is 0 Å². The van der Waals surface area contributed by atoms with Crippen LogP contribution in [0.25, 0.3) is 16.7 Å². The van der Waals surface area contributed by atoms with Gasteiger partial charge in [-0.1, -0.05) is 35.5 Å². The number of hydrogen-bond donors (Lipinski definition) is 1. The van der Waals surface area contributed by atoms with E-state index >= 15 is 0 Å². The molecule has 144 valence electrons. The number of hydrogen-bond acceptors (Lipinski definition) is 6. The molecule has 0 spiro atoms. The zero-order chi connectivity index (χ0) is 19.5. The maximum absolute atomic E-state index is 9.16. The van der Waals surface area contributed by atoms with Crippen LogP contribution in [-0.4, -0.2) is 42.1 Å². The maximum atomic E-state index is 9.16. The number of benzene rings is 1. The van der Waals surface area contributed by atoms with Crippen LogP contribution in [0.4, 0.5) is 0 Å². The number of oxime groups is 1. The minimum Gasteiger partial charge on any atom is -0.396 e. The van der Waals surface area contributed by atoms with E-state index in [1.54, 1.807) is 17.1 Å². The topological polar surface area (TPSA) is 89.8 Å². The third-order valence-corrected chi connectivity index (χ3v) is 4.80. The number of rotatable bonds is 7. The number of nitrogens with zero attached hydrogens (tertiary/aromatic N) is 6. The summed E-state index contributed by atoms with van der Waals surface area (Å²) in [5, 5.41) is 18.6. The first-order valence-electron chi connectivity index (χ1n) is 9.20. The van der Waals surface area contributed by atoms with Gasteiger partial charge in [0.1, 0.15) is 12.0 Å².